The van der Waals surface area contributed by atoms with E-state index in [1.54, 1.807) is 0 Å². The van der Waals surface area contributed by atoms with E-state index in [1.807, 2.05) is 7.11 Å². The largest absolute Gasteiger partial charge is 0.377 e. The van der Waals surface area contributed by atoms with E-state index in [-0.39, 0.29) is 11.6 Å². The summed E-state index contributed by atoms with van der Waals surface area (Å²) in [5, 5.41) is 0. The topological polar surface area (TPSA) is 35.2 Å². The molecule has 4 atom stereocenters. The third kappa shape index (κ3) is 3.03. The minimum Gasteiger partial charge on any atom is -0.377 e. The highest BCUT2D eigenvalue weighted by atomic mass is 16.5. The summed E-state index contributed by atoms with van der Waals surface area (Å²) in [6.07, 6.45) is 5.90. The van der Waals surface area contributed by atoms with Crippen molar-refractivity contribution in [3.8, 4) is 0 Å². The van der Waals surface area contributed by atoms with Gasteiger partial charge in [-0.05, 0) is 43.4 Å². The van der Waals surface area contributed by atoms with Crippen LogP contribution >= 0.6 is 0 Å². The molecule has 1 rings (SSSR count). The summed E-state index contributed by atoms with van der Waals surface area (Å²) in [6, 6.07) is 0.192. The summed E-state index contributed by atoms with van der Waals surface area (Å²) in [5.74, 6) is 2.31. The van der Waals surface area contributed by atoms with Gasteiger partial charge in [0.25, 0.3) is 0 Å². The first kappa shape index (κ1) is 15.0. The molecule has 4 unspecified atom stereocenters. The number of hydrogen-bond acceptors (Lipinski definition) is 2. The second kappa shape index (κ2) is 6.19. The van der Waals surface area contributed by atoms with Crippen LogP contribution in [0.1, 0.15) is 59.8 Å². The zero-order chi connectivity index (χ0) is 13.1. The molecule has 1 aliphatic rings. The minimum atomic E-state index is -0.106. The van der Waals surface area contributed by atoms with Crippen LogP contribution in [-0.4, -0.2) is 18.8 Å². The number of methoxy groups -OCH3 is 1. The van der Waals surface area contributed by atoms with E-state index in [0.717, 1.165) is 24.7 Å². The molecule has 0 radical (unpaired) electrons. The summed E-state index contributed by atoms with van der Waals surface area (Å²) in [6.45, 7) is 9.13. The normalized spacial score (nSPS) is 32.5. The van der Waals surface area contributed by atoms with Gasteiger partial charge in [0.1, 0.15) is 0 Å². The summed E-state index contributed by atoms with van der Waals surface area (Å²) in [4.78, 5) is 0. The Labute approximate surface area is 107 Å². The maximum Gasteiger partial charge on any atom is 0.0826 e. The smallest absolute Gasteiger partial charge is 0.0826 e. The standard InChI is InChI=1S/C15H31NO/c1-6-15(7-2,17-5)14(16)13-9-8-11(3)12(4)10-13/h11-14H,6-10,16H2,1-5H3. The summed E-state index contributed by atoms with van der Waals surface area (Å²) in [7, 11) is 1.82. The maximum atomic E-state index is 6.54. The van der Waals surface area contributed by atoms with Crippen LogP contribution in [0.25, 0.3) is 0 Å². The molecule has 0 aromatic rings. The molecule has 1 aliphatic carbocycles. The molecule has 0 saturated heterocycles. The average Bonchev–Trinajstić information content (AvgIpc) is 2.35. The maximum absolute atomic E-state index is 6.54. The SMILES string of the molecule is CCC(CC)(OC)C(N)C1CCC(C)C(C)C1. The molecule has 1 fully saturated rings. The van der Waals surface area contributed by atoms with Crippen LogP contribution in [-0.2, 0) is 4.74 Å². The number of rotatable bonds is 5. The Bertz CT molecular complexity index is 217. The molecule has 0 amide bonds. The van der Waals surface area contributed by atoms with E-state index in [1.165, 1.54) is 19.3 Å². The van der Waals surface area contributed by atoms with Crippen LogP contribution < -0.4 is 5.73 Å². The molecule has 1 saturated carbocycles. The summed E-state index contributed by atoms with van der Waals surface area (Å²) >= 11 is 0. The van der Waals surface area contributed by atoms with Crippen LogP contribution in [0.2, 0.25) is 0 Å². The Balaban J connectivity index is 2.71. The van der Waals surface area contributed by atoms with Gasteiger partial charge < -0.3 is 10.5 Å². The van der Waals surface area contributed by atoms with Crippen molar-refractivity contribution in [1.29, 1.82) is 0 Å². The average molecular weight is 241 g/mol. The van der Waals surface area contributed by atoms with Crippen molar-refractivity contribution >= 4 is 0 Å². The molecule has 0 aromatic carbocycles. The predicted octanol–water partition coefficient (Wildman–Crippen LogP) is 3.59. The van der Waals surface area contributed by atoms with Crippen LogP contribution in [0.3, 0.4) is 0 Å². The van der Waals surface area contributed by atoms with Crippen LogP contribution in [0.15, 0.2) is 0 Å². The van der Waals surface area contributed by atoms with Gasteiger partial charge in [-0.3, -0.25) is 0 Å². The van der Waals surface area contributed by atoms with Gasteiger partial charge in [0, 0.05) is 13.2 Å². The predicted molar refractivity (Wildman–Crippen MR) is 74.0 cm³/mol. The van der Waals surface area contributed by atoms with Crippen molar-refractivity contribution in [2.45, 2.75) is 71.4 Å². The molecule has 2 N–H and O–H groups in total. The first-order valence-electron chi connectivity index (χ1n) is 7.31. The van der Waals surface area contributed by atoms with Crippen molar-refractivity contribution in [3.05, 3.63) is 0 Å². The Hall–Kier alpha value is -0.0800. The fraction of sp³-hybridized carbons (Fsp3) is 1.00. The molecule has 0 heterocycles. The fourth-order valence-corrected chi connectivity index (χ4v) is 3.49. The van der Waals surface area contributed by atoms with E-state index in [2.05, 4.69) is 27.7 Å². The van der Waals surface area contributed by atoms with Gasteiger partial charge in [-0.25, -0.2) is 0 Å². The van der Waals surface area contributed by atoms with Crippen LogP contribution in [0.4, 0.5) is 0 Å². The van der Waals surface area contributed by atoms with E-state index < -0.39 is 0 Å². The first-order chi connectivity index (χ1) is 8.00. The molecule has 2 heteroatoms. The molecule has 0 bridgehead atoms. The first-order valence-corrected chi connectivity index (χ1v) is 7.31. The number of ether oxygens (including phenoxy) is 1. The number of hydrogen-bond donors (Lipinski definition) is 1. The van der Waals surface area contributed by atoms with Crippen LogP contribution in [0, 0.1) is 17.8 Å². The van der Waals surface area contributed by atoms with Crippen molar-refractivity contribution < 1.29 is 4.74 Å². The lowest BCUT2D eigenvalue weighted by Gasteiger charge is -2.44. The third-order valence-electron chi connectivity index (χ3n) is 5.36. The summed E-state index contributed by atoms with van der Waals surface area (Å²) < 4.78 is 5.79. The highest BCUT2D eigenvalue weighted by Gasteiger charge is 2.40. The molecule has 0 spiro atoms. The molecule has 0 aromatic heterocycles. The van der Waals surface area contributed by atoms with Crippen molar-refractivity contribution in [2.24, 2.45) is 23.5 Å². The lowest BCUT2D eigenvalue weighted by Crippen LogP contribution is -2.54. The highest BCUT2D eigenvalue weighted by molar-refractivity contribution is 4.95. The van der Waals surface area contributed by atoms with E-state index in [4.69, 9.17) is 10.5 Å². The van der Waals surface area contributed by atoms with Crippen molar-refractivity contribution in [1.82, 2.24) is 0 Å². The fourth-order valence-electron chi connectivity index (χ4n) is 3.49. The monoisotopic (exact) mass is 241 g/mol. The Kier molecular flexibility index (Phi) is 5.46. The quantitative estimate of drug-likeness (QED) is 0.798. The van der Waals surface area contributed by atoms with Gasteiger partial charge in [-0.15, -0.1) is 0 Å². The minimum absolute atomic E-state index is 0.106. The van der Waals surface area contributed by atoms with Gasteiger partial charge in [0.15, 0.2) is 0 Å². The molecule has 102 valence electrons. The van der Waals surface area contributed by atoms with Crippen molar-refractivity contribution in [2.75, 3.05) is 7.11 Å². The van der Waals surface area contributed by atoms with Crippen molar-refractivity contribution in [3.63, 3.8) is 0 Å². The molecule has 2 nitrogen and oxygen atoms in total. The van der Waals surface area contributed by atoms with E-state index >= 15 is 0 Å². The van der Waals surface area contributed by atoms with Gasteiger partial charge in [-0.1, -0.05) is 34.1 Å². The summed E-state index contributed by atoms with van der Waals surface area (Å²) in [5.41, 5.74) is 6.44. The van der Waals surface area contributed by atoms with Crippen LogP contribution in [0.5, 0.6) is 0 Å². The van der Waals surface area contributed by atoms with E-state index in [9.17, 15) is 0 Å². The lowest BCUT2D eigenvalue weighted by molar-refractivity contribution is -0.0598. The molecule has 0 aliphatic heterocycles. The second-order valence-electron chi connectivity index (χ2n) is 6.03. The number of nitrogens with two attached hydrogens (primary N) is 1. The lowest BCUT2D eigenvalue weighted by atomic mass is 9.69. The molecular weight excluding hydrogens is 210 g/mol. The Morgan fingerprint density at radius 1 is 1.18 bits per heavy atom. The highest BCUT2D eigenvalue weighted by Crippen LogP contribution is 2.39. The Morgan fingerprint density at radius 2 is 1.76 bits per heavy atom. The molecule has 17 heavy (non-hydrogen) atoms. The van der Waals surface area contributed by atoms with Gasteiger partial charge in [0.2, 0.25) is 0 Å². The second-order valence-corrected chi connectivity index (χ2v) is 6.03. The zero-order valence-corrected chi connectivity index (χ0v) is 12.3. The van der Waals surface area contributed by atoms with Gasteiger partial charge in [-0.2, -0.15) is 0 Å². The van der Waals surface area contributed by atoms with Gasteiger partial charge >= 0.3 is 0 Å². The molecular formula is C15H31NO. The van der Waals surface area contributed by atoms with Gasteiger partial charge in [0.05, 0.1) is 5.60 Å². The Morgan fingerprint density at radius 3 is 2.18 bits per heavy atom. The zero-order valence-electron chi connectivity index (χ0n) is 12.3. The third-order valence-corrected chi connectivity index (χ3v) is 5.36. The van der Waals surface area contributed by atoms with E-state index in [0.29, 0.717) is 5.92 Å².